The Kier molecular flexibility index (Phi) is 4.78. The van der Waals surface area contributed by atoms with Gasteiger partial charge in [-0.25, -0.2) is 4.39 Å². The van der Waals surface area contributed by atoms with Crippen molar-refractivity contribution in [1.82, 2.24) is 0 Å². The third-order valence-corrected chi connectivity index (χ3v) is 3.76. The molecule has 0 heterocycles. The molecule has 0 amide bonds. The Labute approximate surface area is 127 Å². The van der Waals surface area contributed by atoms with E-state index in [1.54, 1.807) is 6.07 Å². The van der Waals surface area contributed by atoms with Crippen LogP contribution >= 0.6 is 15.9 Å². The maximum atomic E-state index is 13.2. The summed E-state index contributed by atoms with van der Waals surface area (Å²) in [6.07, 6.45) is 0.771. The highest BCUT2D eigenvalue weighted by molar-refractivity contribution is 9.10. The Morgan fingerprint density at radius 3 is 2.50 bits per heavy atom. The molecule has 20 heavy (non-hydrogen) atoms. The molecule has 0 saturated carbocycles. The highest BCUT2D eigenvalue weighted by atomic mass is 79.9. The van der Waals surface area contributed by atoms with E-state index in [9.17, 15) is 4.39 Å². The fourth-order valence-electron chi connectivity index (χ4n) is 2.13. The van der Waals surface area contributed by atoms with Crippen LogP contribution in [-0.4, -0.2) is 12.1 Å². The highest BCUT2D eigenvalue weighted by Gasteiger charge is 2.22. The number of rotatable bonds is 5. The van der Waals surface area contributed by atoms with Gasteiger partial charge >= 0.3 is 0 Å². The third kappa shape index (κ3) is 4.05. The van der Waals surface area contributed by atoms with Gasteiger partial charge in [0.2, 0.25) is 0 Å². The molecule has 3 N–H and O–H groups in total. The van der Waals surface area contributed by atoms with E-state index < -0.39 is 0 Å². The van der Waals surface area contributed by atoms with Crippen LogP contribution in [0.1, 0.15) is 12.5 Å². The molecule has 0 bridgehead atoms. The lowest BCUT2D eigenvalue weighted by molar-refractivity contribution is 0.520. The standard InChI is InChI=1S/C16H18BrFN2/c1-16(11-19,10-12-5-7-13(17)8-6-12)20-15-4-2-3-14(18)9-15/h2-9,20H,10-11,19H2,1H3. The molecule has 0 aliphatic carbocycles. The summed E-state index contributed by atoms with van der Waals surface area (Å²) in [6.45, 7) is 2.50. The molecule has 4 heteroatoms. The van der Waals surface area contributed by atoms with Crippen molar-refractivity contribution in [3.8, 4) is 0 Å². The fourth-order valence-corrected chi connectivity index (χ4v) is 2.40. The summed E-state index contributed by atoms with van der Waals surface area (Å²) in [5, 5.41) is 3.33. The van der Waals surface area contributed by atoms with Gasteiger partial charge in [0.15, 0.2) is 0 Å². The molecule has 1 atom stereocenters. The fraction of sp³-hybridized carbons (Fsp3) is 0.250. The number of benzene rings is 2. The zero-order valence-electron chi connectivity index (χ0n) is 11.4. The lowest BCUT2D eigenvalue weighted by Crippen LogP contribution is -2.44. The van der Waals surface area contributed by atoms with Crippen LogP contribution in [0.4, 0.5) is 10.1 Å². The van der Waals surface area contributed by atoms with Crippen molar-refractivity contribution in [1.29, 1.82) is 0 Å². The van der Waals surface area contributed by atoms with Crippen molar-refractivity contribution in [3.63, 3.8) is 0 Å². The molecule has 2 nitrogen and oxygen atoms in total. The van der Waals surface area contributed by atoms with Gasteiger partial charge in [-0.1, -0.05) is 34.1 Å². The minimum Gasteiger partial charge on any atom is -0.378 e. The number of hydrogen-bond donors (Lipinski definition) is 2. The Bertz CT molecular complexity index is 571. The first-order valence-corrected chi connectivity index (χ1v) is 7.28. The van der Waals surface area contributed by atoms with Gasteiger partial charge in [-0.3, -0.25) is 0 Å². The second-order valence-corrected chi connectivity index (χ2v) is 6.12. The molecular formula is C16H18BrFN2. The predicted octanol–water partition coefficient (Wildman–Crippen LogP) is 3.96. The topological polar surface area (TPSA) is 38.0 Å². The number of nitrogens with one attached hydrogen (secondary N) is 1. The quantitative estimate of drug-likeness (QED) is 0.867. The second-order valence-electron chi connectivity index (χ2n) is 5.20. The van der Waals surface area contributed by atoms with Crippen molar-refractivity contribution >= 4 is 21.6 Å². The summed E-state index contributed by atoms with van der Waals surface area (Å²) in [6, 6.07) is 14.6. The highest BCUT2D eigenvalue weighted by Crippen LogP contribution is 2.21. The SMILES string of the molecule is CC(CN)(Cc1ccc(Br)cc1)Nc1cccc(F)c1. The number of nitrogens with two attached hydrogens (primary N) is 1. The van der Waals surface area contributed by atoms with Crippen LogP contribution in [-0.2, 0) is 6.42 Å². The van der Waals surface area contributed by atoms with Gasteiger partial charge in [0, 0.05) is 16.7 Å². The monoisotopic (exact) mass is 336 g/mol. The lowest BCUT2D eigenvalue weighted by atomic mass is 9.92. The van der Waals surface area contributed by atoms with Crippen LogP contribution < -0.4 is 11.1 Å². The zero-order chi connectivity index (χ0) is 14.6. The maximum absolute atomic E-state index is 13.2. The summed E-state index contributed by atoms with van der Waals surface area (Å²) in [7, 11) is 0. The molecule has 0 aliphatic heterocycles. The van der Waals surface area contributed by atoms with E-state index in [2.05, 4.69) is 33.4 Å². The van der Waals surface area contributed by atoms with E-state index in [4.69, 9.17) is 5.73 Å². The molecule has 0 spiro atoms. The van der Waals surface area contributed by atoms with E-state index >= 15 is 0 Å². The van der Waals surface area contributed by atoms with E-state index in [-0.39, 0.29) is 11.4 Å². The van der Waals surface area contributed by atoms with E-state index in [0.29, 0.717) is 6.54 Å². The molecule has 0 fully saturated rings. The summed E-state index contributed by atoms with van der Waals surface area (Å²) < 4.78 is 14.3. The summed E-state index contributed by atoms with van der Waals surface area (Å²) in [5.41, 5.74) is 7.52. The van der Waals surface area contributed by atoms with Crippen LogP contribution in [0.5, 0.6) is 0 Å². The Morgan fingerprint density at radius 2 is 1.90 bits per heavy atom. The summed E-state index contributed by atoms with van der Waals surface area (Å²) in [5.74, 6) is -0.252. The first kappa shape index (κ1) is 15.0. The van der Waals surface area contributed by atoms with E-state index in [0.717, 1.165) is 16.6 Å². The van der Waals surface area contributed by atoms with Gasteiger partial charge in [0.1, 0.15) is 5.82 Å². The molecule has 0 aliphatic rings. The van der Waals surface area contributed by atoms with Gasteiger partial charge < -0.3 is 11.1 Å². The normalized spacial score (nSPS) is 13.8. The summed E-state index contributed by atoms with van der Waals surface area (Å²) >= 11 is 3.42. The van der Waals surface area contributed by atoms with Gasteiger partial charge in [0.05, 0.1) is 5.54 Å². The molecule has 0 radical (unpaired) electrons. The van der Waals surface area contributed by atoms with Gasteiger partial charge in [0.25, 0.3) is 0 Å². The van der Waals surface area contributed by atoms with Crippen molar-refractivity contribution in [3.05, 3.63) is 64.4 Å². The van der Waals surface area contributed by atoms with E-state index in [1.165, 1.54) is 17.7 Å². The Morgan fingerprint density at radius 1 is 1.20 bits per heavy atom. The molecule has 1 unspecified atom stereocenters. The Balaban J connectivity index is 2.14. The van der Waals surface area contributed by atoms with Crippen molar-refractivity contribution in [2.24, 2.45) is 5.73 Å². The van der Waals surface area contributed by atoms with Crippen molar-refractivity contribution < 1.29 is 4.39 Å². The number of halogens is 2. The first-order valence-electron chi connectivity index (χ1n) is 6.49. The van der Waals surface area contributed by atoms with Gasteiger partial charge in [-0.2, -0.15) is 0 Å². The van der Waals surface area contributed by atoms with E-state index in [1.807, 2.05) is 25.1 Å². The van der Waals surface area contributed by atoms with Crippen LogP contribution in [0.3, 0.4) is 0 Å². The van der Waals surface area contributed by atoms with Crippen molar-refractivity contribution in [2.75, 3.05) is 11.9 Å². The first-order chi connectivity index (χ1) is 9.50. The Hall–Kier alpha value is -1.39. The number of anilines is 1. The number of hydrogen-bond acceptors (Lipinski definition) is 2. The average molecular weight is 337 g/mol. The minimum atomic E-state index is -0.318. The zero-order valence-corrected chi connectivity index (χ0v) is 13.0. The molecule has 0 saturated heterocycles. The predicted molar refractivity (Wildman–Crippen MR) is 85.3 cm³/mol. The molecule has 2 aromatic carbocycles. The largest absolute Gasteiger partial charge is 0.378 e. The van der Waals surface area contributed by atoms with Crippen LogP contribution in [0, 0.1) is 5.82 Å². The maximum Gasteiger partial charge on any atom is 0.125 e. The second kappa shape index (κ2) is 6.37. The van der Waals surface area contributed by atoms with Gasteiger partial charge in [-0.15, -0.1) is 0 Å². The van der Waals surface area contributed by atoms with Crippen molar-refractivity contribution in [2.45, 2.75) is 18.9 Å². The lowest BCUT2D eigenvalue weighted by Gasteiger charge is -2.31. The molecule has 0 aromatic heterocycles. The average Bonchev–Trinajstić information content (AvgIpc) is 2.41. The van der Waals surface area contributed by atoms with Crippen LogP contribution in [0.2, 0.25) is 0 Å². The molecule has 106 valence electrons. The van der Waals surface area contributed by atoms with Gasteiger partial charge in [-0.05, 0) is 49.2 Å². The molecule has 2 rings (SSSR count). The third-order valence-electron chi connectivity index (χ3n) is 3.23. The minimum absolute atomic E-state index is 0.252. The van der Waals surface area contributed by atoms with Crippen LogP contribution in [0.25, 0.3) is 0 Å². The summed E-state index contributed by atoms with van der Waals surface area (Å²) in [4.78, 5) is 0. The van der Waals surface area contributed by atoms with Crippen LogP contribution in [0.15, 0.2) is 53.0 Å². The smallest absolute Gasteiger partial charge is 0.125 e. The molecule has 2 aromatic rings. The molecular weight excluding hydrogens is 319 g/mol.